The second-order valence-electron chi connectivity index (χ2n) is 33.1. The molecule has 0 aromatic rings. The number of rotatable bonds is 13. The van der Waals surface area contributed by atoms with Gasteiger partial charge in [-0.2, -0.15) is 26.3 Å². The van der Waals surface area contributed by atoms with Crippen LogP contribution in [0.1, 0.15) is 176 Å². The zero-order valence-corrected chi connectivity index (χ0v) is 65.9. The first-order valence-corrected chi connectivity index (χ1v) is 38.8. The highest BCUT2D eigenvalue weighted by atomic mass is 19.4. The van der Waals surface area contributed by atoms with E-state index in [0.717, 1.165) is 24.5 Å². The van der Waals surface area contributed by atoms with Crippen molar-refractivity contribution in [3.63, 3.8) is 0 Å². The van der Waals surface area contributed by atoms with Gasteiger partial charge in [0.25, 0.3) is 0 Å². The molecule has 12 atom stereocenters. The molecule has 25 nitrogen and oxygen atoms in total. The molecule has 3 N–H and O–H groups in total. The van der Waals surface area contributed by atoms with Gasteiger partial charge in [0.05, 0.1) is 25.4 Å². The monoisotopic (exact) mass is 1560 g/mol. The molecule has 1 spiro atoms. The van der Waals surface area contributed by atoms with Crippen molar-refractivity contribution < 1.29 is 97.4 Å². The number of nitrogens with zero attached hydrogens (tertiary/aromatic N) is 9. The van der Waals surface area contributed by atoms with Crippen molar-refractivity contribution in [2.45, 2.75) is 255 Å². The molecule has 616 valence electrons. The van der Waals surface area contributed by atoms with Crippen LogP contribution < -0.4 is 16.0 Å². The number of hydrogen-bond acceptors (Lipinski definition) is 13. The standard InChI is InChI=1S/C76H118F8N12O13/c1-15-45(4)62-70(106)90(9)41-60(99)92(11)54-24-18-17-21-32-95(69(54)105)57(37-46-25-28-49(29-26-46)75(79,80)81)68(104)89(8)40-58(97)85-52(30-27-47-35-50(77)61(51(78)36-47)76(82,83)84)66(102)96-39-44(3)34-55(96)65(101)87-74(42-73(5,6)43-74)72(108)94(13)63(48-22-19-20-23-48)71(107)93(12)56(67(103)88(7)16-2)38-59(98)91(10)53(31-33-109-14)64(100)86-62/h17-18,44-57,61-63H,15-16,19-43H2,1-14H3,(H,85,97)(H,86,100)(H,87,101)/b18-17-/t44-,45-,46?,47?,49?,50?,51?,52-,53-,54-,55-,56-,57-,61?,62-,63-/m0/s1. The Balaban J connectivity index is 1.33. The first-order valence-electron chi connectivity index (χ1n) is 38.8. The highest BCUT2D eigenvalue weighted by molar-refractivity contribution is 6.01. The van der Waals surface area contributed by atoms with Crippen LogP contribution in [-0.2, 0) is 62.3 Å². The predicted octanol–water partition coefficient (Wildman–Crippen LogP) is 6.60. The number of alkyl halides is 8. The summed E-state index contributed by atoms with van der Waals surface area (Å²) in [4.78, 5) is 192. The number of nitrogens with one attached hydrogen (secondary N) is 3. The highest BCUT2D eigenvalue weighted by Crippen LogP contribution is 2.50. The second kappa shape index (κ2) is 37.4. The summed E-state index contributed by atoms with van der Waals surface area (Å²) in [7, 11) is 10.8. The average molecular weight is 1560 g/mol. The molecular weight excluding hydrogens is 1440 g/mol. The quantitative estimate of drug-likeness (QED) is 0.130. The van der Waals surface area contributed by atoms with Gasteiger partial charge in [0.15, 0.2) is 0 Å². The number of likely N-dealkylation sites (N-methyl/N-ethyl adjacent to an activating group) is 7. The third-order valence-corrected chi connectivity index (χ3v) is 24.4. The van der Waals surface area contributed by atoms with Gasteiger partial charge in [-0.15, -0.1) is 0 Å². The Labute approximate surface area is 635 Å². The van der Waals surface area contributed by atoms with Gasteiger partial charge in [-0.25, -0.2) is 8.78 Å². The van der Waals surface area contributed by atoms with Crippen molar-refractivity contribution in [3.8, 4) is 0 Å². The summed E-state index contributed by atoms with van der Waals surface area (Å²) >= 11 is 0. The van der Waals surface area contributed by atoms with E-state index in [2.05, 4.69) is 16.0 Å². The lowest BCUT2D eigenvalue weighted by Crippen LogP contribution is -2.71. The normalized spacial score (nSPS) is 32.2. The first kappa shape index (κ1) is 89.0. The van der Waals surface area contributed by atoms with E-state index in [1.54, 1.807) is 39.8 Å². The lowest BCUT2D eigenvalue weighted by atomic mass is 9.58. The smallest absolute Gasteiger partial charge is 0.385 e. The zero-order valence-electron chi connectivity index (χ0n) is 65.9. The van der Waals surface area contributed by atoms with E-state index in [1.165, 1.54) is 76.0 Å². The highest BCUT2D eigenvalue weighted by Gasteiger charge is 2.60. The molecule has 7 aliphatic rings. The van der Waals surface area contributed by atoms with Gasteiger partial charge in [-0.3, -0.25) is 57.5 Å². The largest absolute Gasteiger partial charge is 0.397 e. The second-order valence-corrected chi connectivity index (χ2v) is 33.1. The average Bonchev–Trinajstić information content (AvgIpc) is 1.37. The molecule has 2 saturated heterocycles. The fourth-order valence-corrected chi connectivity index (χ4v) is 17.8. The predicted molar refractivity (Wildman–Crippen MR) is 386 cm³/mol. The van der Waals surface area contributed by atoms with Crippen LogP contribution in [0.2, 0.25) is 0 Å². The number of amides is 12. The Morgan fingerprint density at radius 2 is 1.28 bits per heavy atom. The number of methoxy groups -OCH3 is 1. The van der Waals surface area contributed by atoms with E-state index in [1.807, 2.05) is 13.8 Å². The molecule has 0 radical (unpaired) electrons. The molecule has 33 heteroatoms. The Hall–Kier alpha value is -7.22. The van der Waals surface area contributed by atoms with E-state index < -0.39 is 235 Å². The molecule has 6 fully saturated rings. The molecule has 7 rings (SSSR count). The molecule has 12 amide bonds. The molecule has 4 aliphatic carbocycles. The number of fused-ring (bicyclic) bond motifs is 3. The maximum absolute atomic E-state index is 15.7. The molecule has 0 aromatic heterocycles. The van der Waals surface area contributed by atoms with Crippen molar-refractivity contribution >= 4 is 70.9 Å². The van der Waals surface area contributed by atoms with Crippen molar-refractivity contribution in [2.24, 2.45) is 46.8 Å². The van der Waals surface area contributed by atoms with E-state index >= 15 is 37.5 Å². The summed E-state index contributed by atoms with van der Waals surface area (Å²) in [5, 5.41) is 8.45. The van der Waals surface area contributed by atoms with Gasteiger partial charge in [0.1, 0.15) is 72.1 Å². The van der Waals surface area contributed by atoms with Crippen molar-refractivity contribution in [3.05, 3.63) is 12.2 Å². The maximum Gasteiger partial charge on any atom is 0.397 e. The van der Waals surface area contributed by atoms with Gasteiger partial charge in [-0.1, -0.05) is 66.0 Å². The minimum Gasteiger partial charge on any atom is -0.385 e. The van der Waals surface area contributed by atoms with Crippen molar-refractivity contribution in [1.29, 1.82) is 0 Å². The van der Waals surface area contributed by atoms with Crippen LogP contribution in [-0.4, -0.2) is 289 Å². The van der Waals surface area contributed by atoms with Crippen LogP contribution in [0, 0.1) is 46.8 Å². The number of ether oxygens (including phenoxy) is 1. The van der Waals surface area contributed by atoms with Crippen LogP contribution in [0.3, 0.4) is 0 Å². The minimum atomic E-state index is -5.21. The summed E-state index contributed by atoms with van der Waals surface area (Å²) in [6, 6.07) is -11.4. The Morgan fingerprint density at radius 1 is 0.661 bits per heavy atom. The Morgan fingerprint density at radius 3 is 1.84 bits per heavy atom. The lowest BCUT2D eigenvalue weighted by molar-refractivity contribution is -0.219. The summed E-state index contributed by atoms with van der Waals surface area (Å²) < 4.78 is 121. The summed E-state index contributed by atoms with van der Waals surface area (Å²) in [6.07, 6.45) is -12.8. The van der Waals surface area contributed by atoms with E-state index in [9.17, 15) is 55.1 Å². The SMILES string of the molecule is CC[C@H](C)[C@@H]1NC(=O)[C@H](CCOC)N(C)C(=O)C[C@@H](C(=O)N(C)CC)N(C)C(=O)[C@H](C2CCCC2)N(C)C(=O)C2(CC(C)(C)C2)NC(=O)[C@@H]2C[C@H](C)CN2C(=O)[C@H](CCC2CC(F)C(C(F)(F)F)C(F)C2)NC(=O)CN(C)C(=O)[C@H](CC2CCC(C(F)(F)F)CC2)N2CC/C=C\C[C@@H](C2=O)N(C)C(=O)CN(C)C1=O. The van der Waals surface area contributed by atoms with Crippen LogP contribution in [0.4, 0.5) is 35.1 Å². The minimum absolute atomic E-state index is 0.000812. The molecule has 0 aromatic carbocycles. The number of carbonyl (C=O) groups excluding carboxylic acids is 12. The van der Waals surface area contributed by atoms with Crippen LogP contribution in [0.5, 0.6) is 0 Å². The number of halogens is 8. The van der Waals surface area contributed by atoms with Gasteiger partial charge >= 0.3 is 12.4 Å². The molecule has 2 unspecified atom stereocenters. The Bertz CT molecular complexity index is 3280. The van der Waals surface area contributed by atoms with Gasteiger partial charge in [-0.05, 0) is 145 Å². The summed E-state index contributed by atoms with van der Waals surface area (Å²) in [6.45, 7) is 8.86. The van der Waals surface area contributed by atoms with Crippen LogP contribution in [0.25, 0.3) is 0 Å². The van der Waals surface area contributed by atoms with Crippen molar-refractivity contribution in [2.75, 3.05) is 95.8 Å². The molecule has 3 aliphatic heterocycles. The first-order chi connectivity index (χ1) is 50.9. The van der Waals surface area contributed by atoms with Gasteiger partial charge in [0, 0.05) is 89.1 Å². The molecule has 4 saturated carbocycles. The molecule has 2 bridgehead atoms. The van der Waals surface area contributed by atoms with E-state index in [4.69, 9.17) is 4.74 Å². The third kappa shape index (κ3) is 21.5. The number of carbonyl (C=O) groups is 12. The van der Waals surface area contributed by atoms with Crippen LogP contribution >= 0.6 is 0 Å². The number of hydrogen-bond donors (Lipinski definition) is 3. The molecular formula is C76H118F8N12O13. The molecule has 3 heterocycles. The molecule has 109 heavy (non-hydrogen) atoms. The van der Waals surface area contributed by atoms with E-state index in [0.29, 0.717) is 32.1 Å². The lowest BCUT2D eigenvalue weighted by Gasteiger charge is -2.54. The van der Waals surface area contributed by atoms with E-state index in [-0.39, 0.29) is 103 Å². The topological polar surface area (TPSA) is 279 Å². The van der Waals surface area contributed by atoms with Crippen molar-refractivity contribution in [1.82, 2.24) is 60.0 Å². The van der Waals surface area contributed by atoms with Gasteiger partial charge < -0.3 is 64.8 Å². The Kier molecular flexibility index (Phi) is 30.5. The fraction of sp³-hybridized carbons (Fsp3) is 0.816. The maximum atomic E-state index is 15.7. The van der Waals surface area contributed by atoms with Crippen LogP contribution in [0.15, 0.2) is 12.2 Å². The fourth-order valence-electron chi connectivity index (χ4n) is 17.8. The summed E-state index contributed by atoms with van der Waals surface area (Å²) in [5.74, 6) is -17.2. The summed E-state index contributed by atoms with van der Waals surface area (Å²) in [5.41, 5.74) is -2.32. The zero-order chi connectivity index (χ0) is 81.3. The van der Waals surface area contributed by atoms with Gasteiger partial charge in [0.2, 0.25) is 70.9 Å². The third-order valence-electron chi connectivity index (χ3n) is 24.4.